The molecule has 0 aliphatic heterocycles. The number of hydrogen-bond acceptors (Lipinski definition) is 3. The Morgan fingerprint density at radius 3 is 1.69 bits per heavy atom. The van der Waals surface area contributed by atoms with Crippen LogP contribution in [0.1, 0.15) is 10.4 Å². The lowest BCUT2D eigenvalue weighted by molar-refractivity contribution is 0.0691. The highest BCUT2D eigenvalue weighted by molar-refractivity contribution is 14.1. The monoisotopic (exact) mass is 891 g/mol. The van der Waals surface area contributed by atoms with E-state index < -0.39 is 34.5 Å². The first-order chi connectivity index (χ1) is 15.0. The summed E-state index contributed by atoms with van der Waals surface area (Å²) in [5, 5.41) is 30.7. The molecule has 0 saturated heterocycles. The molecule has 1 aromatic heterocycles. The molecule has 1 heterocycles. The Hall–Kier alpha value is -0.890. The van der Waals surface area contributed by atoms with Crippen molar-refractivity contribution in [3.63, 3.8) is 0 Å². The quantitative estimate of drug-likeness (QED) is 0.0842. The number of halogens is 7. The Morgan fingerprint density at radius 2 is 1.25 bits per heavy atom. The van der Waals surface area contributed by atoms with Gasteiger partial charge in [-0.3, -0.25) is 0 Å². The average Bonchev–Trinajstić information content (AvgIpc) is 2.72. The fourth-order valence-corrected chi connectivity index (χ4v) is 6.89. The van der Waals surface area contributed by atoms with Gasteiger partial charge in [-0.25, -0.2) is 22.4 Å². The molecule has 0 bridgehead atoms. The van der Waals surface area contributed by atoms with Gasteiger partial charge in [0.25, 0.3) is 0 Å². The summed E-state index contributed by atoms with van der Waals surface area (Å²) >= 11 is 7.29. The van der Waals surface area contributed by atoms with Gasteiger partial charge in [-0.15, -0.1) is 0 Å². The molecular formula is C20H6F3I4O5+. The number of aromatic hydroxyl groups is 2. The molecule has 164 valence electrons. The third kappa shape index (κ3) is 3.68. The lowest BCUT2D eigenvalue weighted by atomic mass is 9.92. The van der Waals surface area contributed by atoms with Crippen LogP contribution >= 0.6 is 90.4 Å². The van der Waals surface area contributed by atoms with Crippen molar-refractivity contribution < 1.29 is 37.7 Å². The molecule has 32 heavy (non-hydrogen) atoms. The zero-order valence-corrected chi connectivity index (χ0v) is 23.7. The standard InChI is InChI=1S/C20H5F3I4O5/c21-6-3-7(22)13(23)12(20(30)31)11(6)10-4-1-8(24)16(28)14(26)18(4)32-19-5(10)2-9(25)17(29)15(19)27/h1-3H,(H2-,28,29,30,31)/p+1. The van der Waals surface area contributed by atoms with E-state index in [0.29, 0.717) is 7.14 Å². The van der Waals surface area contributed by atoms with Gasteiger partial charge in [0.05, 0.1) is 17.9 Å². The number of phenols is 2. The number of phenolic OH excluding ortho intramolecular Hbond substituents is 2. The van der Waals surface area contributed by atoms with E-state index >= 15 is 4.39 Å². The Labute approximate surface area is 231 Å². The molecule has 3 aromatic carbocycles. The molecule has 5 nitrogen and oxygen atoms in total. The van der Waals surface area contributed by atoms with Crippen LogP contribution in [0.2, 0.25) is 0 Å². The van der Waals surface area contributed by atoms with E-state index in [0.717, 1.165) is 0 Å². The topological polar surface area (TPSA) is 89.1 Å². The van der Waals surface area contributed by atoms with Crippen LogP contribution in [0.3, 0.4) is 0 Å². The number of carbonyl (C=O) groups is 1. The largest absolute Gasteiger partial charge is 0.505 e. The molecule has 0 spiro atoms. The third-order valence-corrected chi connectivity index (χ3v) is 8.32. The van der Waals surface area contributed by atoms with Gasteiger partial charge in [-0.05, 0) is 102 Å². The number of carboxylic acid groups (broad SMARTS) is 1. The first-order valence-corrected chi connectivity index (χ1v) is 12.7. The fourth-order valence-electron chi connectivity index (χ4n) is 3.31. The molecule has 12 heteroatoms. The minimum atomic E-state index is -1.86. The molecule has 3 N–H and O–H groups in total. The maximum atomic E-state index is 15.1. The summed E-state index contributed by atoms with van der Waals surface area (Å²) in [5.74, 6) is -6.73. The highest BCUT2D eigenvalue weighted by Crippen LogP contribution is 2.47. The molecule has 0 radical (unpaired) electrons. The highest BCUT2D eigenvalue weighted by Gasteiger charge is 2.34. The normalized spacial score (nSPS) is 11.5. The average molecular weight is 891 g/mol. The van der Waals surface area contributed by atoms with Crippen molar-refractivity contribution in [3.8, 4) is 22.6 Å². The number of carboxylic acids is 1. The van der Waals surface area contributed by atoms with Crippen molar-refractivity contribution in [2.24, 2.45) is 0 Å². The number of benzene rings is 3. The molecule has 0 amide bonds. The van der Waals surface area contributed by atoms with E-state index in [4.69, 9.17) is 4.42 Å². The van der Waals surface area contributed by atoms with Crippen molar-refractivity contribution in [1.29, 1.82) is 0 Å². The number of aromatic carboxylic acids is 1. The Bertz CT molecular complexity index is 1440. The van der Waals surface area contributed by atoms with Crippen LogP contribution in [0.5, 0.6) is 11.5 Å². The zero-order valence-electron chi connectivity index (χ0n) is 15.0. The van der Waals surface area contributed by atoms with Gasteiger partial charge in [0.15, 0.2) is 30.3 Å². The zero-order chi connectivity index (χ0) is 23.6. The Kier molecular flexibility index (Phi) is 6.60. The van der Waals surface area contributed by atoms with E-state index in [1.54, 1.807) is 0 Å². The van der Waals surface area contributed by atoms with Crippen molar-refractivity contribution in [2.75, 3.05) is 0 Å². The molecule has 4 rings (SSSR count). The maximum Gasteiger partial charge on any atom is 0.378 e. The smallest absolute Gasteiger partial charge is 0.378 e. The van der Waals surface area contributed by atoms with E-state index in [-0.39, 0.29) is 52.2 Å². The highest BCUT2D eigenvalue weighted by atomic mass is 127. The second kappa shape index (κ2) is 8.71. The van der Waals surface area contributed by atoms with Crippen LogP contribution in [0.25, 0.3) is 33.1 Å². The molecule has 4 aromatic rings. The summed E-state index contributed by atoms with van der Waals surface area (Å²) < 4.78 is 50.8. The molecular weight excluding hydrogens is 885 g/mol. The SMILES string of the molecule is O=C(O)c1c(F)c(F)cc(F)c1-c1c2cc(I)c(O)c(I)c2[o+]c2c(I)c(O)c(I)cc12. The maximum absolute atomic E-state index is 15.1. The minimum Gasteiger partial charge on any atom is -0.505 e. The van der Waals surface area contributed by atoms with E-state index in [1.165, 1.54) is 12.1 Å². The summed E-state index contributed by atoms with van der Waals surface area (Å²) in [6.45, 7) is 0. The van der Waals surface area contributed by atoms with Crippen LogP contribution in [0, 0.1) is 31.7 Å². The summed E-state index contributed by atoms with van der Waals surface area (Å²) in [6.07, 6.45) is 0. The third-order valence-electron chi connectivity index (χ3n) is 4.68. The van der Waals surface area contributed by atoms with Gasteiger partial charge >= 0.3 is 17.1 Å². The lowest BCUT2D eigenvalue weighted by Crippen LogP contribution is -2.09. The van der Waals surface area contributed by atoms with E-state index in [9.17, 15) is 28.9 Å². The Morgan fingerprint density at radius 1 is 0.781 bits per heavy atom. The van der Waals surface area contributed by atoms with Gasteiger partial charge in [0.2, 0.25) is 0 Å². The van der Waals surface area contributed by atoms with Crippen LogP contribution in [0.15, 0.2) is 22.6 Å². The second-order valence-electron chi connectivity index (χ2n) is 6.48. The van der Waals surface area contributed by atoms with Gasteiger partial charge in [-0.1, -0.05) is 0 Å². The number of hydrogen-bond donors (Lipinski definition) is 3. The van der Waals surface area contributed by atoms with Crippen molar-refractivity contribution >= 4 is 118 Å². The Balaban J connectivity index is 2.41. The first-order valence-electron chi connectivity index (χ1n) is 8.34. The van der Waals surface area contributed by atoms with E-state index in [1.807, 2.05) is 90.4 Å². The number of rotatable bonds is 2. The minimum absolute atomic E-state index is 0.0602. The molecule has 0 atom stereocenters. The molecule has 0 unspecified atom stereocenters. The fraction of sp³-hybridized carbons (Fsp3) is 0. The predicted octanol–water partition coefficient (Wildman–Crippen LogP) is 7.48. The number of fused-ring (bicyclic) bond motifs is 2. The van der Waals surface area contributed by atoms with Crippen molar-refractivity contribution in [3.05, 3.63) is 55.5 Å². The first kappa shape index (κ1) is 24.2. The summed E-state index contributed by atoms with van der Waals surface area (Å²) in [4.78, 5) is 11.9. The summed E-state index contributed by atoms with van der Waals surface area (Å²) in [7, 11) is 0. The second-order valence-corrected chi connectivity index (χ2v) is 11.0. The molecule has 0 saturated carbocycles. The van der Waals surface area contributed by atoms with Gasteiger partial charge in [0.1, 0.15) is 11.4 Å². The molecule has 0 fully saturated rings. The predicted molar refractivity (Wildman–Crippen MR) is 145 cm³/mol. The molecule has 0 aliphatic carbocycles. The van der Waals surface area contributed by atoms with Gasteiger partial charge in [0, 0.05) is 17.2 Å². The lowest BCUT2D eigenvalue weighted by Gasteiger charge is -2.13. The van der Waals surface area contributed by atoms with Gasteiger partial charge in [-0.2, -0.15) is 0 Å². The van der Waals surface area contributed by atoms with Crippen LogP contribution in [-0.2, 0) is 0 Å². The summed E-state index contributed by atoms with van der Waals surface area (Å²) in [6, 6.07) is 3.15. The van der Waals surface area contributed by atoms with Crippen molar-refractivity contribution in [1.82, 2.24) is 0 Å². The van der Waals surface area contributed by atoms with Crippen LogP contribution in [0.4, 0.5) is 13.2 Å². The molecule has 0 aliphatic rings. The van der Waals surface area contributed by atoms with Crippen molar-refractivity contribution in [2.45, 2.75) is 0 Å². The van der Waals surface area contributed by atoms with Gasteiger partial charge < -0.3 is 15.3 Å². The summed E-state index contributed by atoms with van der Waals surface area (Å²) in [5.41, 5.74) is -1.79. The van der Waals surface area contributed by atoms with E-state index in [2.05, 4.69) is 0 Å². The van der Waals surface area contributed by atoms with Crippen LogP contribution < -0.4 is 0 Å². The van der Waals surface area contributed by atoms with Crippen LogP contribution in [-0.4, -0.2) is 21.3 Å².